The zero-order chi connectivity index (χ0) is 17.7. The van der Waals surface area contributed by atoms with Crippen molar-refractivity contribution < 1.29 is 14.3 Å². The Morgan fingerprint density at radius 1 is 1.04 bits per heavy atom. The van der Waals surface area contributed by atoms with Gasteiger partial charge in [-0.25, -0.2) is 4.79 Å². The number of amides is 1. The van der Waals surface area contributed by atoms with Gasteiger partial charge in [0.2, 0.25) is 0 Å². The van der Waals surface area contributed by atoms with Crippen molar-refractivity contribution in [2.45, 2.75) is 26.2 Å². The number of halogens is 1. The number of carbonyl (C=O) groups is 2. The molecule has 1 N–H and O–H groups in total. The molecule has 2 rings (SSSR count). The number of para-hydroxylation sites is 1. The van der Waals surface area contributed by atoms with Crippen LogP contribution in [0.25, 0.3) is 0 Å². The Labute approximate surface area is 146 Å². The molecule has 0 atom stereocenters. The SMILES string of the molecule is CC(C)(C)c1ccccc1NC(=O)COC(=O)c1ccc(Cl)cc1. The Morgan fingerprint density at radius 3 is 2.29 bits per heavy atom. The minimum atomic E-state index is -0.564. The Balaban J connectivity index is 1.97. The number of benzene rings is 2. The Hall–Kier alpha value is -2.33. The highest BCUT2D eigenvalue weighted by Crippen LogP contribution is 2.29. The van der Waals surface area contributed by atoms with Crippen molar-refractivity contribution >= 4 is 29.2 Å². The average Bonchev–Trinajstić information content (AvgIpc) is 2.53. The van der Waals surface area contributed by atoms with Gasteiger partial charge in [-0.2, -0.15) is 0 Å². The summed E-state index contributed by atoms with van der Waals surface area (Å²) in [7, 11) is 0. The molecule has 0 aliphatic carbocycles. The summed E-state index contributed by atoms with van der Waals surface area (Å²) in [5, 5.41) is 3.33. The number of rotatable bonds is 4. The Kier molecular flexibility index (Phi) is 5.62. The highest BCUT2D eigenvalue weighted by molar-refractivity contribution is 6.30. The highest BCUT2D eigenvalue weighted by atomic mass is 35.5. The van der Waals surface area contributed by atoms with E-state index in [1.54, 1.807) is 24.3 Å². The average molecular weight is 346 g/mol. The first kappa shape index (κ1) is 18.0. The van der Waals surface area contributed by atoms with Crippen molar-refractivity contribution in [3.63, 3.8) is 0 Å². The molecule has 1 amide bonds. The third-order valence-corrected chi connectivity index (χ3v) is 3.68. The van der Waals surface area contributed by atoms with E-state index in [0.717, 1.165) is 11.3 Å². The summed E-state index contributed by atoms with van der Waals surface area (Å²) in [6.45, 7) is 5.86. The van der Waals surface area contributed by atoms with Crippen molar-refractivity contribution in [1.82, 2.24) is 0 Å². The van der Waals surface area contributed by atoms with Crippen molar-refractivity contribution in [3.8, 4) is 0 Å². The topological polar surface area (TPSA) is 55.4 Å². The van der Waals surface area contributed by atoms with Crippen molar-refractivity contribution in [1.29, 1.82) is 0 Å². The molecule has 0 unspecified atom stereocenters. The molecule has 0 aliphatic heterocycles. The van der Waals surface area contributed by atoms with Crippen LogP contribution in [0.1, 0.15) is 36.7 Å². The summed E-state index contributed by atoms with van der Waals surface area (Å²) in [6.07, 6.45) is 0. The quantitative estimate of drug-likeness (QED) is 0.834. The Morgan fingerprint density at radius 2 is 1.67 bits per heavy atom. The van der Waals surface area contributed by atoms with E-state index in [2.05, 4.69) is 26.1 Å². The Bertz CT molecular complexity index is 733. The highest BCUT2D eigenvalue weighted by Gasteiger charge is 2.19. The molecule has 0 saturated carbocycles. The lowest BCUT2D eigenvalue weighted by atomic mass is 9.86. The fraction of sp³-hybridized carbons (Fsp3) is 0.263. The molecule has 0 aliphatic rings. The molecule has 2 aromatic carbocycles. The van der Waals surface area contributed by atoms with Gasteiger partial charge in [-0.15, -0.1) is 0 Å². The van der Waals surface area contributed by atoms with Gasteiger partial charge in [-0.05, 0) is 41.3 Å². The number of nitrogens with one attached hydrogen (secondary N) is 1. The molecule has 0 radical (unpaired) electrons. The van der Waals surface area contributed by atoms with Gasteiger partial charge >= 0.3 is 5.97 Å². The summed E-state index contributed by atoms with van der Waals surface area (Å²) in [5.74, 6) is -0.945. The van der Waals surface area contributed by atoms with E-state index < -0.39 is 5.97 Å². The number of ether oxygens (including phenoxy) is 1. The minimum absolute atomic E-state index is 0.107. The molecule has 24 heavy (non-hydrogen) atoms. The van der Waals surface area contributed by atoms with Crippen molar-refractivity contribution in [2.24, 2.45) is 0 Å². The summed E-state index contributed by atoms with van der Waals surface area (Å²) < 4.78 is 5.03. The second-order valence-corrected chi connectivity index (χ2v) is 6.86. The first-order valence-corrected chi connectivity index (χ1v) is 7.97. The van der Waals surface area contributed by atoms with Gasteiger partial charge in [0.25, 0.3) is 5.91 Å². The van der Waals surface area contributed by atoms with E-state index >= 15 is 0 Å². The van der Waals surface area contributed by atoms with Crippen LogP contribution in [0, 0.1) is 0 Å². The number of anilines is 1. The molecule has 0 aromatic heterocycles. The molecule has 5 heteroatoms. The van der Waals surface area contributed by atoms with Crippen LogP contribution < -0.4 is 5.32 Å². The molecular formula is C19H20ClNO3. The maximum absolute atomic E-state index is 12.1. The van der Waals surface area contributed by atoms with Crippen LogP contribution in [0.4, 0.5) is 5.69 Å². The fourth-order valence-electron chi connectivity index (χ4n) is 2.23. The largest absolute Gasteiger partial charge is 0.452 e. The molecule has 2 aromatic rings. The third kappa shape index (κ3) is 4.83. The third-order valence-electron chi connectivity index (χ3n) is 3.42. The zero-order valence-corrected chi connectivity index (χ0v) is 14.7. The molecule has 0 saturated heterocycles. The fourth-order valence-corrected chi connectivity index (χ4v) is 2.36. The predicted molar refractivity (Wildman–Crippen MR) is 95.5 cm³/mol. The first-order valence-electron chi connectivity index (χ1n) is 7.59. The lowest BCUT2D eigenvalue weighted by Crippen LogP contribution is -2.23. The lowest BCUT2D eigenvalue weighted by Gasteiger charge is -2.22. The molecule has 4 nitrogen and oxygen atoms in total. The number of carbonyl (C=O) groups excluding carboxylic acids is 2. The molecule has 0 bridgehead atoms. The standard InChI is InChI=1S/C19H20ClNO3/c1-19(2,3)15-6-4-5-7-16(15)21-17(22)12-24-18(23)13-8-10-14(20)11-9-13/h4-11H,12H2,1-3H3,(H,21,22). The molecule has 126 valence electrons. The van der Waals surface area contributed by atoms with Gasteiger partial charge in [0.05, 0.1) is 5.56 Å². The van der Waals surface area contributed by atoms with Crippen LogP contribution in [-0.4, -0.2) is 18.5 Å². The molecular weight excluding hydrogens is 326 g/mol. The van der Waals surface area contributed by atoms with Crippen LogP contribution in [0.3, 0.4) is 0 Å². The summed E-state index contributed by atoms with van der Waals surface area (Å²) in [6, 6.07) is 13.9. The van der Waals surface area contributed by atoms with E-state index in [1.165, 1.54) is 0 Å². The van der Waals surface area contributed by atoms with Gasteiger partial charge in [0.15, 0.2) is 6.61 Å². The van der Waals surface area contributed by atoms with Crippen molar-refractivity contribution in [2.75, 3.05) is 11.9 Å². The van der Waals surface area contributed by atoms with Crippen LogP contribution >= 0.6 is 11.6 Å². The monoisotopic (exact) mass is 345 g/mol. The van der Waals surface area contributed by atoms with Gasteiger partial charge in [-0.3, -0.25) is 4.79 Å². The second kappa shape index (κ2) is 7.49. The number of esters is 1. The van der Waals surface area contributed by atoms with E-state index in [4.69, 9.17) is 16.3 Å². The smallest absolute Gasteiger partial charge is 0.338 e. The first-order chi connectivity index (χ1) is 11.3. The second-order valence-electron chi connectivity index (χ2n) is 6.43. The summed E-state index contributed by atoms with van der Waals surface area (Å²) in [5.41, 5.74) is 1.98. The maximum atomic E-state index is 12.1. The van der Waals surface area contributed by atoms with E-state index in [-0.39, 0.29) is 17.9 Å². The van der Waals surface area contributed by atoms with E-state index in [9.17, 15) is 9.59 Å². The van der Waals surface area contributed by atoms with Gasteiger partial charge < -0.3 is 10.1 Å². The molecule has 0 spiro atoms. The van der Waals surface area contributed by atoms with Crippen molar-refractivity contribution in [3.05, 3.63) is 64.7 Å². The summed E-state index contributed by atoms with van der Waals surface area (Å²) in [4.78, 5) is 24.0. The minimum Gasteiger partial charge on any atom is -0.452 e. The number of hydrogen-bond donors (Lipinski definition) is 1. The van der Waals surface area contributed by atoms with E-state index in [1.807, 2.05) is 24.3 Å². The summed E-state index contributed by atoms with van der Waals surface area (Å²) >= 11 is 5.77. The predicted octanol–water partition coefficient (Wildman–Crippen LogP) is 4.43. The van der Waals surface area contributed by atoms with E-state index in [0.29, 0.717) is 10.6 Å². The van der Waals surface area contributed by atoms with Gasteiger partial charge in [0.1, 0.15) is 0 Å². The normalized spacial score (nSPS) is 11.0. The number of hydrogen-bond acceptors (Lipinski definition) is 3. The van der Waals surface area contributed by atoms with Gasteiger partial charge in [-0.1, -0.05) is 50.6 Å². The van der Waals surface area contributed by atoms with Crippen LogP contribution in [0.2, 0.25) is 5.02 Å². The zero-order valence-electron chi connectivity index (χ0n) is 13.9. The lowest BCUT2D eigenvalue weighted by molar-refractivity contribution is -0.119. The maximum Gasteiger partial charge on any atom is 0.338 e. The van der Waals surface area contributed by atoms with Crippen LogP contribution in [0.15, 0.2) is 48.5 Å². The van der Waals surface area contributed by atoms with Gasteiger partial charge in [0, 0.05) is 10.7 Å². The molecule has 0 fully saturated rings. The van der Waals surface area contributed by atoms with Crippen LogP contribution in [-0.2, 0) is 14.9 Å². The van der Waals surface area contributed by atoms with Crippen LogP contribution in [0.5, 0.6) is 0 Å². The molecule has 0 heterocycles.